The van der Waals surface area contributed by atoms with E-state index in [1.54, 1.807) is 12.1 Å². The van der Waals surface area contributed by atoms with Crippen LogP contribution in [0.2, 0.25) is 0 Å². The number of rotatable bonds is 3. The molecule has 0 spiro atoms. The number of pyridine rings is 1. The van der Waals surface area contributed by atoms with Crippen LogP contribution in [0.5, 0.6) is 11.5 Å². The Kier molecular flexibility index (Phi) is 3.54. The second-order valence-corrected chi connectivity index (χ2v) is 3.56. The summed E-state index contributed by atoms with van der Waals surface area (Å²) in [5.41, 5.74) is 0.617. The molecule has 0 bridgehead atoms. The van der Waals surface area contributed by atoms with Crippen molar-refractivity contribution < 1.29 is 13.5 Å². The first-order chi connectivity index (χ1) is 8.19. The zero-order chi connectivity index (χ0) is 12.3. The highest BCUT2D eigenvalue weighted by Crippen LogP contribution is 2.25. The topological polar surface area (TPSA) is 22.1 Å². The Morgan fingerprint density at radius 3 is 2.71 bits per heavy atom. The largest absolute Gasteiger partial charge is 0.454 e. The van der Waals surface area contributed by atoms with Gasteiger partial charge in [0.1, 0.15) is 11.6 Å². The third kappa shape index (κ3) is 2.91. The first kappa shape index (κ1) is 11.8. The van der Waals surface area contributed by atoms with Gasteiger partial charge in [-0.15, -0.1) is 11.6 Å². The second kappa shape index (κ2) is 5.10. The van der Waals surface area contributed by atoms with Crippen LogP contribution in [0.25, 0.3) is 0 Å². The molecule has 0 amide bonds. The molecule has 17 heavy (non-hydrogen) atoms. The molecule has 0 N–H and O–H groups in total. The summed E-state index contributed by atoms with van der Waals surface area (Å²) in [6.45, 7) is 0. The fraction of sp³-hybridized carbons (Fsp3) is 0.0833. The minimum absolute atomic E-state index is 0.0434. The predicted molar refractivity (Wildman–Crippen MR) is 60.2 cm³/mol. The maximum Gasteiger partial charge on any atom is 0.168 e. The molecule has 2 aromatic rings. The van der Waals surface area contributed by atoms with Gasteiger partial charge in [0.2, 0.25) is 0 Å². The standard InChI is InChI=1S/C12H8ClF2NO/c13-7-9-6-10(3-4-16-9)17-12-2-1-8(14)5-11(12)15/h1-6H,7H2. The molecular formula is C12H8ClF2NO. The number of benzene rings is 1. The van der Waals surface area contributed by atoms with Crippen LogP contribution in [0, 0.1) is 11.6 Å². The van der Waals surface area contributed by atoms with Crippen LogP contribution >= 0.6 is 11.6 Å². The van der Waals surface area contributed by atoms with Crippen LogP contribution in [0.1, 0.15) is 5.69 Å². The predicted octanol–water partition coefficient (Wildman–Crippen LogP) is 3.89. The molecule has 0 unspecified atom stereocenters. The minimum Gasteiger partial charge on any atom is -0.454 e. The summed E-state index contributed by atoms with van der Waals surface area (Å²) < 4.78 is 31.3. The number of hydrogen-bond acceptors (Lipinski definition) is 2. The third-order valence-corrected chi connectivity index (χ3v) is 2.32. The van der Waals surface area contributed by atoms with Gasteiger partial charge in [-0.3, -0.25) is 4.98 Å². The maximum absolute atomic E-state index is 13.3. The van der Waals surface area contributed by atoms with Crippen molar-refractivity contribution in [2.75, 3.05) is 0 Å². The van der Waals surface area contributed by atoms with E-state index in [1.165, 1.54) is 12.3 Å². The van der Waals surface area contributed by atoms with E-state index >= 15 is 0 Å². The lowest BCUT2D eigenvalue weighted by molar-refractivity contribution is 0.437. The summed E-state index contributed by atoms with van der Waals surface area (Å²) in [6, 6.07) is 6.28. The summed E-state index contributed by atoms with van der Waals surface area (Å²) >= 11 is 5.61. The quantitative estimate of drug-likeness (QED) is 0.776. The summed E-state index contributed by atoms with van der Waals surface area (Å²) in [6.07, 6.45) is 1.51. The molecule has 0 atom stereocenters. The molecule has 2 nitrogen and oxygen atoms in total. The van der Waals surface area contributed by atoms with E-state index in [0.29, 0.717) is 11.4 Å². The van der Waals surface area contributed by atoms with E-state index in [4.69, 9.17) is 16.3 Å². The minimum atomic E-state index is -0.755. The Morgan fingerprint density at radius 2 is 2.00 bits per heavy atom. The van der Waals surface area contributed by atoms with E-state index in [-0.39, 0.29) is 11.6 Å². The Labute approximate surface area is 102 Å². The van der Waals surface area contributed by atoms with E-state index in [1.807, 2.05) is 0 Å². The van der Waals surface area contributed by atoms with Gasteiger partial charge in [-0.05, 0) is 18.2 Å². The van der Waals surface area contributed by atoms with E-state index < -0.39 is 11.6 Å². The number of ether oxygens (including phenoxy) is 1. The van der Waals surface area contributed by atoms with Crippen molar-refractivity contribution in [3.05, 3.63) is 53.9 Å². The van der Waals surface area contributed by atoms with Crippen LogP contribution in [0.4, 0.5) is 8.78 Å². The lowest BCUT2D eigenvalue weighted by Crippen LogP contribution is -1.91. The van der Waals surface area contributed by atoms with Crippen molar-refractivity contribution in [3.63, 3.8) is 0 Å². The van der Waals surface area contributed by atoms with Gasteiger partial charge in [-0.1, -0.05) is 0 Å². The second-order valence-electron chi connectivity index (χ2n) is 3.29. The molecule has 0 aliphatic carbocycles. The molecule has 0 radical (unpaired) electrons. The van der Waals surface area contributed by atoms with Crippen LogP contribution in [0.3, 0.4) is 0 Å². The molecule has 0 fully saturated rings. The number of alkyl halides is 1. The Balaban J connectivity index is 2.25. The van der Waals surface area contributed by atoms with Crippen molar-refractivity contribution in [2.45, 2.75) is 5.88 Å². The molecule has 1 aromatic heterocycles. The molecule has 88 valence electrons. The first-order valence-corrected chi connectivity index (χ1v) is 5.36. The number of hydrogen-bond donors (Lipinski definition) is 0. The van der Waals surface area contributed by atoms with Crippen molar-refractivity contribution >= 4 is 11.6 Å². The molecule has 0 saturated heterocycles. The number of halogens is 3. The molecule has 5 heteroatoms. The van der Waals surface area contributed by atoms with Gasteiger partial charge >= 0.3 is 0 Å². The third-order valence-electron chi connectivity index (χ3n) is 2.05. The molecule has 2 rings (SSSR count). The zero-order valence-corrected chi connectivity index (χ0v) is 9.42. The molecular weight excluding hydrogens is 248 g/mol. The summed E-state index contributed by atoms with van der Waals surface area (Å²) in [7, 11) is 0. The van der Waals surface area contributed by atoms with Gasteiger partial charge in [0.15, 0.2) is 11.6 Å². The molecule has 1 heterocycles. The lowest BCUT2D eigenvalue weighted by atomic mass is 10.3. The average molecular weight is 256 g/mol. The molecule has 0 saturated carbocycles. The van der Waals surface area contributed by atoms with Crippen LogP contribution in [-0.4, -0.2) is 4.98 Å². The van der Waals surface area contributed by atoms with Crippen molar-refractivity contribution in [1.82, 2.24) is 4.98 Å². The lowest BCUT2D eigenvalue weighted by Gasteiger charge is -2.07. The monoisotopic (exact) mass is 255 g/mol. The molecule has 0 aliphatic rings. The van der Waals surface area contributed by atoms with E-state index in [2.05, 4.69) is 4.98 Å². The summed E-state index contributed by atoms with van der Waals surface area (Å²) in [5.74, 6) is -0.803. The van der Waals surface area contributed by atoms with Gasteiger partial charge < -0.3 is 4.74 Å². The van der Waals surface area contributed by atoms with Gasteiger partial charge in [0.25, 0.3) is 0 Å². The Bertz CT molecular complexity index is 534. The maximum atomic E-state index is 13.3. The number of aromatic nitrogens is 1. The van der Waals surface area contributed by atoms with Gasteiger partial charge in [-0.2, -0.15) is 0 Å². The number of nitrogens with zero attached hydrogens (tertiary/aromatic N) is 1. The fourth-order valence-electron chi connectivity index (χ4n) is 1.28. The fourth-order valence-corrected chi connectivity index (χ4v) is 1.42. The Hall–Kier alpha value is -1.68. The van der Waals surface area contributed by atoms with Gasteiger partial charge in [-0.25, -0.2) is 8.78 Å². The highest BCUT2D eigenvalue weighted by Gasteiger charge is 2.06. The van der Waals surface area contributed by atoms with Crippen LogP contribution < -0.4 is 4.74 Å². The van der Waals surface area contributed by atoms with Crippen molar-refractivity contribution in [2.24, 2.45) is 0 Å². The normalized spacial score (nSPS) is 10.3. The van der Waals surface area contributed by atoms with Crippen LogP contribution in [-0.2, 0) is 5.88 Å². The molecule has 1 aromatic carbocycles. The van der Waals surface area contributed by atoms with Gasteiger partial charge in [0.05, 0.1) is 11.6 Å². The smallest absolute Gasteiger partial charge is 0.168 e. The van der Waals surface area contributed by atoms with Gasteiger partial charge in [0, 0.05) is 18.3 Å². The van der Waals surface area contributed by atoms with Crippen LogP contribution in [0.15, 0.2) is 36.5 Å². The average Bonchev–Trinajstić information content (AvgIpc) is 2.33. The van der Waals surface area contributed by atoms with E-state index in [0.717, 1.165) is 12.1 Å². The highest BCUT2D eigenvalue weighted by molar-refractivity contribution is 6.16. The first-order valence-electron chi connectivity index (χ1n) is 4.83. The summed E-state index contributed by atoms with van der Waals surface area (Å²) in [5, 5.41) is 0. The Morgan fingerprint density at radius 1 is 1.18 bits per heavy atom. The highest BCUT2D eigenvalue weighted by atomic mass is 35.5. The van der Waals surface area contributed by atoms with Crippen molar-refractivity contribution in [1.29, 1.82) is 0 Å². The molecule has 0 aliphatic heterocycles. The summed E-state index contributed by atoms with van der Waals surface area (Å²) in [4.78, 5) is 3.97. The SMILES string of the molecule is Fc1ccc(Oc2ccnc(CCl)c2)c(F)c1. The van der Waals surface area contributed by atoms with E-state index in [9.17, 15) is 8.78 Å². The van der Waals surface area contributed by atoms with Crippen molar-refractivity contribution in [3.8, 4) is 11.5 Å². The zero-order valence-electron chi connectivity index (χ0n) is 8.66.